The Morgan fingerprint density at radius 2 is 2.08 bits per heavy atom. The highest BCUT2D eigenvalue weighted by atomic mass is 35.5. The highest BCUT2D eigenvalue weighted by Gasteiger charge is 2.14. The zero-order chi connectivity index (χ0) is 16.9. The fourth-order valence-electron chi connectivity index (χ4n) is 2.54. The van der Waals surface area contributed by atoms with Crippen molar-refractivity contribution in [3.05, 3.63) is 51.2 Å². The van der Waals surface area contributed by atoms with E-state index in [2.05, 4.69) is 46.1 Å². The van der Waals surface area contributed by atoms with Crippen molar-refractivity contribution in [2.45, 2.75) is 44.1 Å². The van der Waals surface area contributed by atoms with E-state index in [1.165, 1.54) is 22.4 Å². The van der Waals surface area contributed by atoms with E-state index in [0.29, 0.717) is 0 Å². The summed E-state index contributed by atoms with van der Waals surface area (Å²) in [6.45, 7) is 5.20. The first-order valence-corrected chi connectivity index (χ1v) is 10.3. The first-order chi connectivity index (χ1) is 11.7. The van der Waals surface area contributed by atoms with Gasteiger partial charge in [0.05, 0.1) is 0 Å². The van der Waals surface area contributed by atoms with E-state index in [0.717, 1.165) is 34.7 Å². The molecule has 0 aliphatic heterocycles. The maximum atomic E-state index is 6.06. The summed E-state index contributed by atoms with van der Waals surface area (Å²) >= 11 is 9.56. The second-order valence-corrected chi connectivity index (χ2v) is 7.90. The van der Waals surface area contributed by atoms with Gasteiger partial charge in [-0.1, -0.05) is 48.8 Å². The van der Waals surface area contributed by atoms with Gasteiger partial charge < -0.3 is 4.57 Å². The summed E-state index contributed by atoms with van der Waals surface area (Å²) in [4.78, 5) is 1.41. The van der Waals surface area contributed by atoms with E-state index in [9.17, 15) is 0 Å². The van der Waals surface area contributed by atoms with Crippen molar-refractivity contribution in [3.8, 4) is 11.4 Å². The molecule has 0 radical (unpaired) electrons. The van der Waals surface area contributed by atoms with Gasteiger partial charge in [0.25, 0.3) is 0 Å². The van der Waals surface area contributed by atoms with Gasteiger partial charge in [-0.15, -0.1) is 21.5 Å². The first kappa shape index (κ1) is 17.5. The van der Waals surface area contributed by atoms with E-state index in [4.69, 9.17) is 11.6 Å². The second kappa shape index (κ2) is 8.19. The Bertz CT molecular complexity index is 810. The van der Waals surface area contributed by atoms with Gasteiger partial charge in [-0.3, -0.25) is 0 Å². The molecule has 2 aromatic heterocycles. The lowest BCUT2D eigenvalue weighted by atomic mass is 10.2. The summed E-state index contributed by atoms with van der Waals surface area (Å²) in [6.07, 6.45) is 2.29. The Kier molecular flexibility index (Phi) is 5.98. The molecule has 0 aliphatic carbocycles. The molecule has 0 spiro atoms. The number of thiophene rings is 1. The number of thioether (sulfide) groups is 1. The third-order valence-electron chi connectivity index (χ3n) is 3.70. The standard InChI is InChI=1S/C18H20ClN3S2/c1-3-6-16-10-14(12-23-16)17-20-21-18(22(17)4-2)24-11-13-7-5-8-15(19)9-13/h5,7-10,12H,3-4,6,11H2,1-2H3. The SMILES string of the molecule is CCCc1cc(-c2nnc(SCc3cccc(Cl)c3)n2CC)cs1. The van der Waals surface area contributed by atoms with Gasteiger partial charge in [0.15, 0.2) is 11.0 Å². The third kappa shape index (κ3) is 4.02. The van der Waals surface area contributed by atoms with Gasteiger partial charge >= 0.3 is 0 Å². The Balaban J connectivity index is 1.78. The van der Waals surface area contributed by atoms with Crippen molar-refractivity contribution in [3.63, 3.8) is 0 Å². The molecule has 3 nitrogen and oxygen atoms in total. The molecule has 0 aliphatic rings. The molecule has 0 N–H and O–H groups in total. The normalized spacial score (nSPS) is 11.1. The van der Waals surface area contributed by atoms with Crippen molar-refractivity contribution in [1.82, 2.24) is 14.8 Å². The molecule has 0 unspecified atom stereocenters. The molecule has 0 saturated heterocycles. The summed E-state index contributed by atoms with van der Waals surface area (Å²) in [5.41, 5.74) is 2.37. The molecule has 0 bridgehead atoms. The Morgan fingerprint density at radius 3 is 2.83 bits per heavy atom. The third-order valence-corrected chi connectivity index (χ3v) is 5.97. The number of aromatic nitrogens is 3. The average molecular weight is 378 g/mol. The van der Waals surface area contributed by atoms with E-state index in [-0.39, 0.29) is 0 Å². The van der Waals surface area contributed by atoms with Crippen molar-refractivity contribution in [2.75, 3.05) is 0 Å². The summed E-state index contributed by atoms with van der Waals surface area (Å²) in [6, 6.07) is 10.2. The van der Waals surface area contributed by atoms with Crippen LogP contribution >= 0.6 is 34.7 Å². The summed E-state index contributed by atoms with van der Waals surface area (Å²) in [5.74, 6) is 1.80. The topological polar surface area (TPSA) is 30.7 Å². The quantitative estimate of drug-likeness (QED) is 0.478. The van der Waals surface area contributed by atoms with E-state index >= 15 is 0 Å². The Hall–Kier alpha value is -1.30. The van der Waals surface area contributed by atoms with Gasteiger partial charge in [-0.05, 0) is 37.1 Å². The fraction of sp³-hybridized carbons (Fsp3) is 0.333. The summed E-state index contributed by atoms with van der Waals surface area (Å²) in [7, 11) is 0. The van der Waals surface area contributed by atoms with Crippen LogP contribution in [0.25, 0.3) is 11.4 Å². The molecule has 1 aromatic carbocycles. The smallest absolute Gasteiger partial charge is 0.191 e. The van der Waals surface area contributed by atoms with Crippen molar-refractivity contribution < 1.29 is 0 Å². The van der Waals surface area contributed by atoms with E-state index < -0.39 is 0 Å². The zero-order valence-electron chi connectivity index (χ0n) is 13.8. The largest absolute Gasteiger partial charge is 0.302 e. The predicted molar refractivity (Wildman–Crippen MR) is 104 cm³/mol. The predicted octanol–water partition coefficient (Wildman–Crippen LogP) is 5.92. The molecule has 0 saturated carbocycles. The minimum absolute atomic E-state index is 0.771. The van der Waals surface area contributed by atoms with Gasteiger partial charge in [0.1, 0.15) is 0 Å². The van der Waals surface area contributed by atoms with Crippen LogP contribution in [0.4, 0.5) is 0 Å². The fourth-order valence-corrected chi connectivity index (χ4v) is 4.67. The highest BCUT2D eigenvalue weighted by molar-refractivity contribution is 7.98. The second-order valence-electron chi connectivity index (χ2n) is 5.52. The lowest BCUT2D eigenvalue weighted by Crippen LogP contribution is -1.99. The van der Waals surface area contributed by atoms with Gasteiger partial charge in [0.2, 0.25) is 0 Å². The van der Waals surface area contributed by atoms with Gasteiger partial charge in [0, 0.05) is 33.1 Å². The average Bonchev–Trinajstić information content (AvgIpc) is 3.19. The van der Waals surface area contributed by atoms with Crippen molar-refractivity contribution in [1.29, 1.82) is 0 Å². The summed E-state index contributed by atoms with van der Waals surface area (Å²) in [5, 5.41) is 12.7. The number of rotatable bonds is 7. The van der Waals surface area contributed by atoms with E-state index in [1.807, 2.05) is 18.2 Å². The summed E-state index contributed by atoms with van der Waals surface area (Å²) < 4.78 is 2.19. The molecular weight excluding hydrogens is 358 g/mol. The van der Waals surface area contributed by atoms with Crippen LogP contribution in [0.5, 0.6) is 0 Å². The molecule has 2 heterocycles. The molecule has 0 fully saturated rings. The molecule has 0 atom stereocenters. The van der Waals surface area contributed by atoms with Crippen LogP contribution in [0.15, 0.2) is 40.9 Å². The number of benzene rings is 1. The van der Waals surface area contributed by atoms with Crippen molar-refractivity contribution in [2.24, 2.45) is 0 Å². The molecule has 6 heteroatoms. The Labute approximate surface area is 156 Å². The number of hydrogen-bond donors (Lipinski definition) is 0. The number of halogens is 1. The minimum atomic E-state index is 0.771. The molecule has 3 aromatic rings. The van der Waals surface area contributed by atoms with Gasteiger partial charge in [-0.2, -0.15) is 0 Å². The van der Waals surface area contributed by atoms with Crippen LogP contribution in [-0.2, 0) is 18.7 Å². The number of nitrogens with zero attached hydrogens (tertiary/aromatic N) is 3. The maximum Gasteiger partial charge on any atom is 0.191 e. The zero-order valence-corrected chi connectivity index (χ0v) is 16.2. The molecule has 0 amide bonds. The molecule has 24 heavy (non-hydrogen) atoms. The molecule has 3 rings (SSSR count). The molecular formula is C18H20ClN3S2. The Morgan fingerprint density at radius 1 is 1.21 bits per heavy atom. The number of hydrogen-bond acceptors (Lipinski definition) is 4. The highest BCUT2D eigenvalue weighted by Crippen LogP contribution is 2.29. The van der Waals surface area contributed by atoms with Crippen LogP contribution in [0.3, 0.4) is 0 Å². The van der Waals surface area contributed by atoms with Crippen LogP contribution in [0.1, 0.15) is 30.7 Å². The maximum absolute atomic E-state index is 6.06. The van der Waals surface area contributed by atoms with Crippen LogP contribution in [0, 0.1) is 0 Å². The lowest BCUT2D eigenvalue weighted by Gasteiger charge is -2.06. The van der Waals surface area contributed by atoms with Gasteiger partial charge in [-0.25, -0.2) is 0 Å². The minimum Gasteiger partial charge on any atom is -0.302 e. The lowest BCUT2D eigenvalue weighted by molar-refractivity contribution is 0.687. The first-order valence-electron chi connectivity index (χ1n) is 8.09. The number of aryl methyl sites for hydroxylation is 1. The van der Waals surface area contributed by atoms with Crippen molar-refractivity contribution >= 4 is 34.7 Å². The van der Waals surface area contributed by atoms with Crippen LogP contribution in [-0.4, -0.2) is 14.8 Å². The van der Waals surface area contributed by atoms with E-state index in [1.54, 1.807) is 23.1 Å². The monoisotopic (exact) mass is 377 g/mol. The molecule has 126 valence electrons. The van der Waals surface area contributed by atoms with Crippen LogP contribution in [0.2, 0.25) is 5.02 Å². The van der Waals surface area contributed by atoms with Crippen LogP contribution < -0.4 is 0 Å².